The largest absolute Gasteiger partial charge is 0.489 e. The fraction of sp³-hybridized carbons (Fsp3) is 0.0833. The van der Waals surface area contributed by atoms with Crippen molar-refractivity contribution in [3.8, 4) is 16.3 Å². The molecule has 0 aliphatic carbocycles. The van der Waals surface area contributed by atoms with Crippen LogP contribution in [-0.4, -0.2) is 10.9 Å². The summed E-state index contributed by atoms with van der Waals surface area (Å²) < 4.78 is 19.1. The Hall–Kier alpha value is -3.51. The minimum atomic E-state index is -0.288. The molecule has 1 N–H and O–H groups in total. The number of nitrogens with one attached hydrogen (secondary N) is 1. The molecule has 0 spiro atoms. The highest BCUT2D eigenvalue weighted by atomic mass is 32.1. The first kappa shape index (κ1) is 19.8. The number of amides is 1. The van der Waals surface area contributed by atoms with Gasteiger partial charge >= 0.3 is 0 Å². The van der Waals surface area contributed by atoms with E-state index in [-0.39, 0.29) is 18.3 Å². The number of aromatic nitrogens is 1. The van der Waals surface area contributed by atoms with Gasteiger partial charge in [0.25, 0.3) is 5.91 Å². The van der Waals surface area contributed by atoms with Crippen molar-refractivity contribution in [1.29, 1.82) is 0 Å². The normalized spacial score (nSPS) is 10.6. The third-order valence-corrected chi connectivity index (χ3v) is 5.28. The smallest absolute Gasteiger partial charge is 0.275 e. The number of hydrogen-bond acceptors (Lipinski definition) is 4. The highest BCUT2D eigenvalue weighted by molar-refractivity contribution is 7.13. The van der Waals surface area contributed by atoms with E-state index in [1.807, 2.05) is 61.5 Å². The first-order chi connectivity index (χ1) is 14.6. The van der Waals surface area contributed by atoms with Gasteiger partial charge in [0.05, 0.1) is 0 Å². The van der Waals surface area contributed by atoms with E-state index in [1.165, 1.54) is 23.5 Å². The van der Waals surface area contributed by atoms with Crippen molar-refractivity contribution in [2.24, 2.45) is 0 Å². The number of aryl methyl sites for hydroxylation is 1. The van der Waals surface area contributed by atoms with Crippen LogP contribution in [-0.2, 0) is 6.61 Å². The summed E-state index contributed by atoms with van der Waals surface area (Å²) in [5, 5.41) is 5.33. The summed E-state index contributed by atoms with van der Waals surface area (Å²) in [6, 6.07) is 21.4. The molecule has 4 nitrogen and oxygen atoms in total. The molecule has 1 aromatic heterocycles. The Morgan fingerprint density at radius 1 is 1.07 bits per heavy atom. The molecule has 1 heterocycles. The lowest BCUT2D eigenvalue weighted by atomic mass is 10.2. The fourth-order valence-electron chi connectivity index (χ4n) is 2.94. The molecular weight excluding hydrogens is 399 g/mol. The van der Waals surface area contributed by atoms with Gasteiger partial charge in [-0.05, 0) is 54.4 Å². The van der Waals surface area contributed by atoms with E-state index >= 15 is 0 Å². The minimum Gasteiger partial charge on any atom is -0.489 e. The average Bonchev–Trinajstić information content (AvgIpc) is 3.23. The molecule has 0 unspecified atom stereocenters. The number of nitrogens with zero attached hydrogens (tertiary/aromatic N) is 1. The zero-order valence-electron chi connectivity index (χ0n) is 16.3. The van der Waals surface area contributed by atoms with Gasteiger partial charge in [-0.2, -0.15) is 0 Å². The Balaban J connectivity index is 1.45. The van der Waals surface area contributed by atoms with Gasteiger partial charge in [0.2, 0.25) is 0 Å². The van der Waals surface area contributed by atoms with E-state index in [2.05, 4.69) is 10.3 Å². The Labute approximate surface area is 178 Å². The molecule has 0 saturated carbocycles. The summed E-state index contributed by atoms with van der Waals surface area (Å²) in [6.07, 6.45) is 0. The number of thiazole rings is 1. The van der Waals surface area contributed by atoms with Crippen LogP contribution in [0, 0.1) is 12.7 Å². The Bertz CT molecular complexity index is 1190. The zero-order chi connectivity index (χ0) is 20.9. The van der Waals surface area contributed by atoms with Crippen molar-refractivity contribution in [3.05, 3.63) is 101 Å². The molecular formula is C24H19FN2O2S. The molecule has 0 atom stereocenters. The standard InChI is InChI=1S/C24H19FN2O2S/c1-16-5-2-9-20(11-16)26-23(28)22-15-30-24(27-22)18-7-4-10-21(13-18)29-14-17-6-3-8-19(25)12-17/h2-13,15H,14H2,1H3,(H,26,28). The van der Waals surface area contributed by atoms with E-state index in [9.17, 15) is 9.18 Å². The summed E-state index contributed by atoms with van der Waals surface area (Å²) in [6.45, 7) is 2.24. The van der Waals surface area contributed by atoms with Crippen molar-refractivity contribution < 1.29 is 13.9 Å². The summed E-state index contributed by atoms with van der Waals surface area (Å²) >= 11 is 1.39. The number of benzene rings is 3. The molecule has 30 heavy (non-hydrogen) atoms. The lowest BCUT2D eigenvalue weighted by Crippen LogP contribution is -2.12. The summed E-state index contributed by atoms with van der Waals surface area (Å²) in [4.78, 5) is 17.0. The molecule has 0 fully saturated rings. The Morgan fingerprint density at radius 2 is 1.90 bits per heavy atom. The van der Waals surface area contributed by atoms with E-state index < -0.39 is 0 Å². The topological polar surface area (TPSA) is 51.2 Å². The Morgan fingerprint density at radius 3 is 2.73 bits per heavy atom. The molecule has 4 rings (SSSR count). The second-order valence-electron chi connectivity index (χ2n) is 6.81. The second-order valence-corrected chi connectivity index (χ2v) is 7.67. The van der Waals surface area contributed by atoms with Crippen LogP contribution < -0.4 is 10.1 Å². The van der Waals surface area contributed by atoms with Gasteiger partial charge < -0.3 is 10.1 Å². The summed E-state index contributed by atoms with van der Waals surface area (Å²) in [5.41, 5.74) is 3.78. The van der Waals surface area contributed by atoms with Crippen molar-refractivity contribution in [2.75, 3.05) is 5.32 Å². The van der Waals surface area contributed by atoms with Gasteiger partial charge in [0.15, 0.2) is 0 Å². The maximum atomic E-state index is 13.3. The number of rotatable bonds is 6. The van der Waals surface area contributed by atoms with Gasteiger partial charge in [-0.15, -0.1) is 11.3 Å². The monoisotopic (exact) mass is 418 g/mol. The lowest BCUT2D eigenvalue weighted by Gasteiger charge is -2.07. The van der Waals surface area contributed by atoms with Gasteiger partial charge in [-0.1, -0.05) is 36.4 Å². The van der Waals surface area contributed by atoms with Crippen LogP contribution in [0.15, 0.2) is 78.2 Å². The van der Waals surface area contributed by atoms with Crippen molar-refractivity contribution in [2.45, 2.75) is 13.5 Å². The van der Waals surface area contributed by atoms with Gasteiger partial charge in [0.1, 0.15) is 28.9 Å². The second kappa shape index (κ2) is 8.88. The predicted molar refractivity (Wildman–Crippen MR) is 117 cm³/mol. The number of hydrogen-bond donors (Lipinski definition) is 1. The van der Waals surface area contributed by atoms with E-state index in [1.54, 1.807) is 11.4 Å². The fourth-order valence-corrected chi connectivity index (χ4v) is 3.74. The van der Waals surface area contributed by atoms with Crippen LogP contribution in [0.25, 0.3) is 10.6 Å². The number of ether oxygens (including phenoxy) is 1. The third-order valence-electron chi connectivity index (χ3n) is 4.39. The van der Waals surface area contributed by atoms with Crippen LogP contribution in [0.1, 0.15) is 21.6 Å². The maximum Gasteiger partial charge on any atom is 0.275 e. The van der Waals surface area contributed by atoms with Crippen molar-refractivity contribution in [1.82, 2.24) is 4.98 Å². The number of carbonyl (C=O) groups is 1. The number of carbonyl (C=O) groups excluding carboxylic acids is 1. The van der Waals surface area contributed by atoms with Crippen LogP contribution in [0.4, 0.5) is 10.1 Å². The molecule has 0 bridgehead atoms. The van der Waals surface area contributed by atoms with Gasteiger partial charge in [-0.3, -0.25) is 4.79 Å². The minimum absolute atomic E-state index is 0.249. The molecule has 4 aromatic rings. The van der Waals surface area contributed by atoms with Gasteiger partial charge in [-0.25, -0.2) is 9.37 Å². The summed E-state index contributed by atoms with van der Waals surface area (Å²) in [5.74, 6) is 0.114. The summed E-state index contributed by atoms with van der Waals surface area (Å²) in [7, 11) is 0. The molecule has 3 aromatic carbocycles. The van der Waals surface area contributed by atoms with Crippen LogP contribution >= 0.6 is 11.3 Å². The lowest BCUT2D eigenvalue weighted by molar-refractivity contribution is 0.102. The van der Waals surface area contributed by atoms with E-state index in [4.69, 9.17) is 4.74 Å². The molecule has 150 valence electrons. The van der Waals surface area contributed by atoms with Gasteiger partial charge in [0, 0.05) is 16.6 Å². The van der Waals surface area contributed by atoms with Crippen molar-refractivity contribution >= 4 is 22.9 Å². The highest BCUT2D eigenvalue weighted by Crippen LogP contribution is 2.28. The van der Waals surface area contributed by atoms with E-state index in [0.29, 0.717) is 11.4 Å². The van der Waals surface area contributed by atoms with Crippen LogP contribution in [0.3, 0.4) is 0 Å². The van der Waals surface area contributed by atoms with Crippen LogP contribution in [0.5, 0.6) is 5.75 Å². The Kier molecular flexibility index (Phi) is 5.86. The molecule has 6 heteroatoms. The molecule has 0 aliphatic heterocycles. The van der Waals surface area contributed by atoms with Crippen molar-refractivity contribution in [3.63, 3.8) is 0 Å². The first-order valence-electron chi connectivity index (χ1n) is 9.38. The quantitative estimate of drug-likeness (QED) is 0.412. The number of halogens is 1. The first-order valence-corrected chi connectivity index (χ1v) is 10.3. The molecule has 0 saturated heterocycles. The molecule has 0 aliphatic rings. The SMILES string of the molecule is Cc1cccc(NC(=O)c2csc(-c3cccc(OCc4cccc(F)c4)c3)n2)c1. The average molecular weight is 418 g/mol. The van der Waals surface area contributed by atoms with Crippen LogP contribution in [0.2, 0.25) is 0 Å². The predicted octanol–water partition coefficient (Wildman–Crippen LogP) is 6.09. The zero-order valence-corrected chi connectivity index (χ0v) is 17.1. The highest BCUT2D eigenvalue weighted by Gasteiger charge is 2.13. The molecule has 0 radical (unpaired) electrons. The van der Waals surface area contributed by atoms with E-state index in [0.717, 1.165) is 27.4 Å². The molecule has 1 amide bonds. The maximum absolute atomic E-state index is 13.3. The third kappa shape index (κ3) is 4.90. The number of anilines is 1.